The molecule has 0 atom stereocenters. The number of rotatable bonds is 6. The molecule has 0 heterocycles. The van der Waals surface area contributed by atoms with E-state index in [4.69, 9.17) is 0 Å². The molecule has 0 aliphatic carbocycles. The predicted molar refractivity (Wildman–Crippen MR) is 56.4 cm³/mol. The molecule has 0 aromatic carbocycles. The zero-order valence-electron chi connectivity index (χ0n) is 8.65. The maximum Gasteiger partial charge on any atom is 0.211 e. The van der Waals surface area contributed by atoms with Gasteiger partial charge in [0.2, 0.25) is 10.0 Å². The fourth-order valence-electron chi connectivity index (χ4n) is 0.929. The second-order valence-corrected chi connectivity index (χ2v) is 7.71. The lowest BCUT2D eigenvalue weighted by Crippen LogP contribution is -2.32. The Balaban J connectivity index is 4.02. The maximum absolute atomic E-state index is 11.2. The molecule has 14 heavy (non-hydrogen) atoms. The summed E-state index contributed by atoms with van der Waals surface area (Å²) in [6, 6.07) is -0.154. The summed E-state index contributed by atoms with van der Waals surface area (Å²) in [5.41, 5.74) is 0. The van der Waals surface area contributed by atoms with Crippen LogP contribution in [0, 0.1) is 0 Å². The van der Waals surface area contributed by atoms with Gasteiger partial charge in [0, 0.05) is 12.3 Å². The van der Waals surface area contributed by atoms with Crippen molar-refractivity contribution in [2.45, 2.75) is 26.3 Å². The molecule has 0 spiro atoms. The Bertz CT molecular complexity index is 355. The van der Waals surface area contributed by atoms with Crippen molar-refractivity contribution in [3.63, 3.8) is 0 Å². The number of hydrogen-bond acceptors (Lipinski definition) is 4. The number of sulfone groups is 1. The Morgan fingerprint density at radius 3 is 1.93 bits per heavy atom. The van der Waals surface area contributed by atoms with Crippen LogP contribution in [0.2, 0.25) is 0 Å². The monoisotopic (exact) mass is 243 g/mol. The van der Waals surface area contributed by atoms with Crippen molar-refractivity contribution >= 4 is 19.9 Å². The first-order valence-electron chi connectivity index (χ1n) is 4.30. The summed E-state index contributed by atoms with van der Waals surface area (Å²) in [6.07, 6.45) is 1.23. The standard InChI is InChI=1S/C7H17NO4S2/c1-7(2)8-14(11,12)6-4-5-13(3,9)10/h7-8H,4-6H2,1-3H3. The van der Waals surface area contributed by atoms with Gasteiger partial charge < -0.3 is 0 Å². The van der Waals surface area contributed by atoms with Crippen molar-refractivity contribution in [2.24, 2.45) is 0 Å². The van der Waals surface area contributed by atoms with E-state index in [0.29, 0.717) is 0 Å². The van der Waals surface area contributed by atoms with Crippen LogP contribution in [0.15, 0.2) is 0 Å². The van der Waals surface area contributed by atoms with E-state index in [2.05, 4.69) is 4.72 Å². The average molecular weight is 243 g/mol. The zero-order chi connectivity index (χ0) is 11.4. The fourth-order valence-corrected chi connectivity index (χ4v) is 3.14. The number of sulfonamides is 1. The van der Waals surface area contributed by atoms with Crippen LogP contribution in [0.5, 0.6) is 0 Å². The second-order valence-electron chi connectivity index (χ2n) is 3.57. The topological polar surface area (TPSA) is 80.3 Å². The van der Waals surface area contributed by atoms with E-state index in [-0.39, 0.29) is 24.0 Å². The highest BCUT2D eigenvalue weighted by atomic mass is 32.2. The molecule has 1 N–H and O–H groups in total. The molecular formula is C7H17NO4S2. The van der Waals surface area contributed by atoms with Crippen LogP contribution in [0.4, 0.5) is 0 Å². The minimum Gasteiger partial charge on any atom is -0.229 e. The molecule has 0 rings (SSSR count). The molecule has 0 aromatic heterocycles. The van der Waals surface area contributed by atoms with Gasteiger partial charge in [0.15, 0.2) is 0 Å². The maximum atomic E-state index is 11.2. The summed E-state index contributed by atoms with van der Waals surface area (Å²) in [5, 5.41) is 0. The van der Waals surface area contributed by atoms with Crippen LogP contribution in [-0.4, -0.2) is 40.6 Å². The Hall–Kier alpha value is -0.140. The van der Waals surface area contributed by atoms with Gasteiger partial charge in [0.1, 0.15) is 9.84 Å². The van der Waals surface area contributed by atoms with E-state index in [1.807, 2.05) is 0 Å². The summed E-state index contributed by atoms with van der Waals surface area (Å²) in [6.45, 7) is 3.43. The quantitative estimate of drug-likeness (QED) is 0.697. The van der Waals surface area contributed by atoms with Gasteiger partial charge in [-0.25, -0.2) is 21.6 Å². The predicted octanol–water partition coefficient (Wildman–Crippen LogP) is -0.251. The molecule has 0 aromatic rings. The van der Waals surface area contributed by atoms with Gasteiger partial charge in [-0.05, 0) is 20.3 Å². The summed E-state index contributed by atoms with van der Waals surface area (Å²) < 4.78 is 46.3. The first kappa shape index (κ1) is 13.9. The first-order valence-corrected chi connectivity index (χ1v) is 8.01. The molecule has 0 unspecified atom stereocenters. The van der Waals surface area contributed by atoms with Crippen LogP contribution in [0.1, 0.15) is 20.3 Å². The van der Waals surface area contributed by atoms with Gasteiger partial charge >= 0.3 is 0 Å². The molecule has 0 bridgehead atoms. The molecule has 0 radical (unpaired) electrons. The van der Waals surface area contributed by atoms with E-state index in [9.17, 15) is 16.8 Å². The van der Waals surface area contributed by atoms with Crippen LogP contribution in [-0.2, 0) is 19.9 Å². The fraction of sp³-hybridized carbons (Fsp3) is 1.00. The third-order valence-corrected chi connectivity index (χ3v) is 4.03. The van der Waals surface area contributed by atoms with Crippen molar-refractivity contribution in [1.82, 2.24) is 4.72 Å². The van der Waals surface area contributed by atoms with E-state index in [0.717, 1.165) is 6.26 Å². The minimum absolute atomic E-state index is 0.0913. The van der Waals surface area contributed by atoms with Gasteiger partial charge in [0.05, 0.1) is 11.5 Å². The van der Waals surface area contributed by atoms with E-state index in [1.165, 1.54) is 0 Å². The van der Waals surface area contributed by atoms with Gasteiger partial charge in [-0.2, -0.15) is 0 Å². The van der Waals surface area contributed by atoms with Gasteiger partial charge in [-0.1, -0.05) is 0 Å². The normalized spacial score (nSPS) is 13.4. The summed E-state index contributed by atoms with van der Waals surface area (Å²) in [5.74, 6) is -0.232. The smallest absolute Gasteiger partial charge is 0.211 e. The van der Waals surface area contributed by atoms with E-state index in [1.54, 1.807) is 13.8 Å². The highest BCUT2D eigenvalue weighted by Gasteiger charge is 2.12. The third-order valence-electron chi connectivity index (χ3n) is 1.34. The number of hydrogen-bond donors (Lipinski definition) is 1. The van der Waals surface area contributed by atoms with Crippen LogP contribution < -0.4 is 4.72 Å². The number of nitrogens with one attached hydrogen (secondary N) is 1. The summed E-state index contributed by atoms with van der Waals surface area (Å²) >= 11 is 0. The minimum atomic E-state index is -3.32. The SMILES string of the molecule is CC(C)NS(=O)(=O)CCCS(C)(=O)=O. The summed E-state index contributed by atoms with van der Waals surface area (Å²) in [4.78, 5) is 0. The molecule has 0 saturated carbocycles. The molecule has 0 aliphatic heterocycles. The zero-order valence-corrected chi connectivity index (χ0v) is 10.3. The van der Waals surface area contributed by atoms with E-state index >= 15 is 0 Å². The first-order chi connectivity index (χ1) is 6.12. The van der Waals surface area contributed by atoms with Gasteiger partial charge in [0.25, 0.3) is 0 Å². The van der Waals surface area contributed by atoms with Crippen LogP contribution in [0.3, 0.4) is 0 Å². The molecule has 0 fully saturated rings. The Morgan fingerprint density at radius 1 is 1.07 bits per heavy atom. The molecule has 0 saturated heterocycles. The van der Waals surface area contributed by atoms with Crippen molar-refractivity contribution in [2.75, 3.05) is 17.8 Å². The van der Waals surface area contributed by atoms with Gasteiger partial charge in [-0.3, -0.25) is 0 Å². The van der Waals surface area contributed by atoms with Crippen molar-refractivity contribution in [3.05, 3.63) is 0 Å². The second kappa shape index (κ2) is 5.09. The summed E-state index contributed by atoms with van der Waals surface area (Å²) in [7, 11) is -6.38. The van der Waals surface area contributed by atoms with Crippen molar-refractivity contribution in [1.29, 1.82) is 0 Å². The molecular weight excluding hydrogens is 226 g/mol. The molecule has 86 valence electrons. The van der Waals surface area contributed by atoms with Crippen LogP contribution in [0.25, 0.3) is 0 Å². The molecule has 7 heteroatoms. The molecule has 0 amide bonds. The van der Waals surface area contributed by atoms with Crippen LogP contribution >= 0.6 is 0 Å². The Labute approximate surface area is 85.9 Å². The Kier molecular flexibility index (Phi) is 5.03. The molecule has 5 nitrogen and oxygen atoms in total. The van der Waals surface area contributed by atoms with Crippen molar-refractivity contribution < 1.29 is 16.8 Å². The van der Waals surface area contributed by atoms with E-state index < -0.39 is 19.9 Å². The highest BCUT2D eigenvalue weighted by molar-refractivity contribution is 7.91. The highest BCUT2D eigenvalue weighted by Crippen LogP contribution is 1.95. The average Bonchev–Trinajstić information content (AvgIpc) is 1.78. The Morgan fingerprint density at radius 2 is 1.57 bits per heavy atom. The van der Waals surface area contributed by atoms with Crippen molar-refractivity contribution in [3.8, 4) is 0 Å². The third kappa shape index (κ3) is 8.46. The van der Waals surface area contributed by atoms with Gasteiger partial charge in [-0.15, -0.1) is 0 Å². The lowest BCUT2D eigenvalue weighted by molar-refractivity contribution is 0.568. The largest absolute Gasteiger partial charge is 0.229 e. The molecule has 0 aliphatic rings. The lowest BCUT2D eigenvalue weighted by atomic mass is 10.4. The lowest BCUT2D eigenvalue weighted by Gasteiger charge is -2.08.